The topological polar surface area (TPSA) is 69.4 Å². The minimum Gasteiger partial charge on any atom is -0.493 e. The van der Waals surface area contributed by atoms with Crippen LogP contribution in [0.2, 0.25) is 0 Å². The number of para-hydroxylation sites is 1. The van der Waals surface area contributed by atoms with Crippen LogP contribution >= 0.6 is 0 Å². The molecular weight excluding hydrogens is 270 g/mol. The highest BCUT2D eigenvalue weighted by atomic mass is 16.5. The van der Waals surface area contributed by atoms with Gasteiger partial charge in [-0.05, 0) is 13.1 Å². The highest BCUT2D eigenvalue weighted by molar-refractivity contribution is 5.46. The molecule has 0 spiro atoms. The van der Waals surface area contributed by atoms with Crippen molar-refractivity contribution in [2.75, 3.05) is 14.2 Å². The Labute approximate surface area is 124 Å². The Balaban J connectivity index is 2.14. The maximum Gasteiger partial charge on any atom is 0.229 e. The van der Waals surface area contributed by atoms with E-state index in [0.717, 1.165) is 5.56 Å². The zero-order chi connectivity index (χ0) is 15.2. The quantitative estimate of drug-likeness (QED) is 0.845. The van der Waals surface area contributed by atoms with Crippen LogP contribution in [0.25, 0.3) is 0 Å². The summed E-state index contributed by atoms with van der Waals surface area (Å²) in [7, 11) is 3.51. The molecule has 0 atom stereocenters. The number of rotatable bonds is 7. The molecule has 0 radical (unpaired) electrons. The number of methoxy groups -OCH3 is 1. The van der Waals surface area contributed by atoms with Crippen molar-refractivity contribution in [3.8, 4) is 11.5 Å². The predicted octanol–water partition coefficient (Wildman–Crippen LogP) is 2.50. The van der Waals surface area contributed by atoms with E-state index < -0.39 is 0 Å². The van der Waals surface area contributed by atoms with E-state index in [4.69, 9.17) is 14.0 Å². The maximum atomic E-state index is 5.84. The maximum absolute atomic E-state index is 5.84. The first-order chi connectivity index (χ1) is 10.2. The summed E-state index contributed by atoms with van der Waals surface area (Å²) >= 11 is 0. The summed E-state index contributed by atoms with van der Waals surface area (Å²) in [4.78, 5) is 4.30. The standard InChI is InChI=1S/C15H21N3O3/c1-10(2)15-17-13(18-21-15)9-20-14-11(8-16-3)6-5-7-12(14)19-4/h5-7,10,16H,8-9H2,1-4H3. The van der Waals surface area contributed by atoms with Gasteiger partial charge in [-0.1, -0.05) is 31.1 Å². The Morgan fingerprint density at radius 3 is 2.76 bits per heavy atom. The lowest BCUT2D eigenvalue weighted by Gasteiger charge is -2.13. The average Bonchev–Trinajstić information content (AvgIpc) is 2.95. The monoisotopic (exact) mass is 291 g/mol. The molecule has 0 aliphatic heterocycles. The summed E-state index contributed by atoms with van der Waals surface area (Å²) in [6.45, 7) is 4.94. The molecular formula is C15H21N3O3. The van der Waals surface area contributed by atoms with Gasteiger partial charge in [0.15, 0.2) is 18.1 Å². The van der Waals surface area contributed by atoms with E-state index in [-0.39, 0.29) is 12.5 Å². The van der Waals surface area contributed by atoms with Crippen molar-refractivity contribution < 1.29 is 14.0 Å². The molecule has 21 heavy (non-hydrogen) atoms. The second-order valence-electron chi connectivity index (χ2n) is 4.97. The summed E-state index contributed by atoms with van der Waals surface area (Å²) in [5.74, 6) is 2.74. The number of aromatic nitrogens is 2. The van der Waals surface area contributed by atoms with Crippen LogP contribution in [0, 0.1) is 0 Å². The molecule has 1 aromatic carbocycles. The van der Waals surface area contributed by atoms with E-state index in [0.29, 0.717) is 29.8 Å². The molecule has 0 aliphatic carbocycles. The smallest absolute Gasteiger partial charge is 0.229 e. The van der Waals surface area contributed by atoms with Gasteiger partial charge in [0.1, 0.15) is 0 Å². The number of ether oxygens (including phenoxy) is 2. The van der Waals surface area contributed by atoms with Gasteiger partial charge in [-0.15, -0.1) is 0 Å². The number of hydrogen-bond acceptors (Lipinski definition) is 6. The molecule has 6 nitrogen and oxygen atoms in total. The van der Waals surface area contributed by atoms with E-state index in [1.807, 2.05) is 39.1 Å². The van der Waals surface area contributed by atoms with Crippen molar-refractivity contribution in [2.24, 2.45) is 0 Å². The van der Waals surface area contributed by atoms with E-state index in [9.17, 15) is 0 Å². The average molecular weight is 291 g/mol. The normalized spacial score (nSPS) is 10.9. The first kappa shape index (κ1) is 15.3. The summed E-state index contributed by atoms with van der Waals surface area (Å²) in [6.07, 6.45) is 0. The zero-order valence-corrected chi connectivity index (χ0v) is 12.8. The fourth-order valence-electron chi connectivity index (χ4n) is 1.91. The van der Waals surface area contributed by atoms with Crippen LogP contribution in [0.15, 0.2) is 22.7 Å². The number of nitrogens with one attached hydrogen (secondary N) is 1. The highest BCUT2D eigenvalue weighted by Crippen LogP contribution is 2.31. The van der Waals surface area contributed by atoms with Crippen LogP contribution < -0.4 is 14.8 Å². The molecule has 0 bridgehead atoms. The van der Waals surface area contributed by atoms with Crippen molar-refractivity contribution in [3.63, 3.8) is 0 Å². The lowest BCUT2D eigenvalue weighted by atomic mass is 10.2. The Morgan fingerprint density at radius 1 is 1.33 bits per heavy atom. The van der Waals surface area contributed by atoms with Crippen molar-refractivity contribution >= 4 is 0 Å². The van der Waals surface area contributed by atoms with E-state index in [2.05, 4.69) is 15.5 Å². The molecule has 6 heteroatoms. The molecule has 1 aromatic heterocycles. The predicted molar refractivity (Wildman–Crippen MR) is 78.5 cm³/mol. The van der Waals surface area contributed by atoms with Crippen molar-refractivity contribution in [3.05, 3.63) is 35.5 Å². The fourth-order valence-corrected chi connectivity index (χ4v) is 1.91. The third kappa shape index (κ3) is 3.72. The van der Waals surface area contributed by atoms with Gasteiger partial charge in [-0.3, -0.25) is 0 Å². The Bertz CT molecular complexity index is 581. The van der Waals surface area contributed by atoms with Crippen molar-refractivity contribution in [2.45, 2.75) is 32.9 Å². The van der Waals surface area contributed by atoms with Gasteiger partial charge in [-0.25, -0.2) is 0 Å². The second-order valence-corrected chi connectivity index (χ2v) is 4.97. The first-order valence-corrected chi connectivity index (χ1v) is 6.91. The molecule has 0 saturated carbocycles. The number of benzene rings is 1. The Morgan fingerprint density at radius 2 is 2.14 bits per heavy atom. The van der Waals surface area contributed by atoms with E-state index in [1.165, 1.54) is 0 Å². The van der Waals surface area contributed by atoms with Crippen molar-refractivity contribution in [1.82, 2.24) is 15.5 Å². The molecule has 2 aromatic rings. The SMILES string of the molecule is CNCc1cccc(OC)c1OCc1noc(C(C)C)n1. The summed E-state index contributed by atoms with van der Waals surface area (Å²) < 4.78 is 16.4. The van der Waals surface area contributed by atoms with Crippen LogP contribution in [-0.4, -0.2) is 24.3 Å². The Kier molecular flexibility index (Phi) is 5.16. The molecule has 2 rings (SSSR count). The van der Waals surface area contributed by atoms with Crippen LogP contribution in [0.5, 0.6) is 11.5 Å². The van der Waals surface area contributed by atoms with Crippen LogP contribution in [-0.2, 0) is 13.2 Å². The van der Waals surface area contributed by atoms with Gasteiger partial charge in [-0.2, -0.15) is 4.98 Å². The minimum absolute atomic E-state index is 0.206. The molecule has 0 fully saturated rings. The molecule has 0 unspecified atom stereocenters. The van der Waals surface area contributed by atoms with Gasteiger partial charge in [0.2, 0.25) is 11.7 Å². The molecule has 114 valence electrons. The Hall–Kier alpha value is -2.08. The molecule has 0 saturated heterocycles. The third-order valence-electron chi connectivity index (χ3n) is 2.97. The van der Waals surface area contributed by atoms with Crippen molar-refractivity contribution in [1.29, 1.82) is 0 Å². The van der Waals surface area contributed by atoms with Gasteiger partial charge in [0.25, 0.3) is 0 Å². The van der Waals surface area contributed by atoms with Crippen LogP contribution in [0.4, 0.5) is 0 Å². The minimum atomic E-state index is 0.206. The number of hydrogen-bond donors (Lipinski definition) is 1. The van der Waals surface area contributed by atoms with Crippen LogP contribution in [0.1, 0.15) is 37.0 Å². The lowest BCUT2D eigenvalue weighted by molar-refractivity contribution is 0.265. The summed E-state index contributed by atoms with van der Waals surface area (Å²) in [5, 5.41) is 7.02. The third-order valence-corrected chi connectivity index (χ3v) is 2.97. The molecule has 0 aliphatic rings. The first-order valence-electron chi connectivity index (χ1n) is 6.91. The summed E-state index contributed by atoms with van der Waals surface area (Å²) in [5.41, 5.74) is 1.02. The molecule has 1 heterocycles. The van der Waals surface area contributed by atoms with Gasteiger partial charge >= 0.3 is 0 Å². The fraction of sp³-hybridized carbons (Fsp3) is 0.467. The largest absolute Gasteiger partial charge is 0.493 e. The van der Waals surface area contributed by atoms with Crippen LogP contribution in [0.3, 0.4) is 0 Å². The second kappa shape index (κ2) is 7.08. The zero-order valence-electron chi connectivity index (χ0n) is 12.8. The van der Waals surface area contributed by atoms with Gasteiger partial charge in [0.05, 0.1) is 7.11 Å². The molecule has 1 N–H and O–H groups in total. The van der Waals surface area contributed by atoms with E-state index >= 15 is 0 Å². The summed E-state index contributed by atoms with van der Waals surface area (Å²) in [6, 6.07) is 5.79. The lowest BCUT2D eigenvalue weighted by Crippen LogP contribution is -2.09. The van der Waals surface area contributed by atoms with Gasteiger partial charge < -0.3 is 19.3 Å². The van der Waals surface area contributed by atoms with Gasteiger partial charge in [0, 0.05) is 18.0 Å². The highest BCUT2D eigenvalue weighted by Gasteiger charge is 2.14. The molecule has 0 amide bonds. The number of nitrogens with zero attached hydrogens (tertiary/aromatic N) is 2. The van der Waals surface area contributed by atoms with E-state index in [1.54, 1.807) is 7.11 Å².